The summed E-state index contributed by atoms with van der Waals surface area (Å²) < 4.78 is 19.2. The number of benzene rings is 4. The van der Waals surface area contributed by atoms with Crippen molar-refractivity contribution in [2.45, 2.75) is 5.92 Å². The Kier molecular flexibility index (Phi) is 4.82. The summed E-state index contributed by atoms with van der Waals surface area (Å²) in [4.78, 5) is 9.67. The summed E-state index contributed by atoms with van der Waals surface area (Å²) in [6.07, 6.45) is 1.65. The molecule has 0 saturated carbocycles. The maximum atomic E-state index is 6.51. The van der Waals surface area contributed by atoms with Crippen molar-refractivity contribution in [2.24, 2.45) is 0 Å². The molecule has 0 aliphatic carbocycles. The molecule has 6 aromatic rings. The van der Waals surface area contributed by atoms with Crippen LogP contribution in [0.25, 0.3) is 27.8 Å². The minimum atomic E-state index is -0.166. The summed E-state index contributed by atoms with van der Waals surface area (Å²) >= 11 is 0. The molecule has 3 heterocycles. The minimum Gasteiger partial charge on any atom is -0.497 e. The van der Waals surface area contributed by atoms with Gasteiger partial charge in [0, 0.05) is 16.9 Å². The van der Waals surface area contributed by atoms with E-state index in [9.17, 15) is 0 Å². The molecule has 7 heteroatoms. The van der Waals surface area contributed by atoms with E-state index < -0.39 is 0 Å². The average Bonchev–Trinajstić information content (AvgIpc) is 3.40. The first-order valence-electron chi connectivity index (χ1n) is 12.0. The van der Waals surface area contributed by atoms with Gasteiger partial charge >= 0.3 is 0 Å². The Morgan fingerprint density at radius 2 is 1.65 bits per heavy atom. The van der Waals surface area contributed by atoms with Gasteiger partial charge in [-0.1, -0.05) is 60.7 Å². The van der Waals surface area contributed by atoms with Crippen LogP contribution in [0.15, 0.2) is 91.3 Å². The molecule has 7 rings (SSSR count). The van der Waals surface area contributed by atoms with Gasteiger partial charge in [-0.2, -0.15) is 0 Å². The number of hydrogen-bond acceptors (Lipinski definition) is 6. The van der Waals surface area contributed by atoms with Crippen LogP contribution in [0.5, 0.6) is 23.1 Å². The van der Waals surface area contributed by atoms with Crippen molar-refractivity contribution in [1.82, 2.24) is 19.6 Å². The van der Waals surface area contributed by atoms with Gasteiger partial charge in [-0.3, -0.25) is 0 Å². The second-order valence-corrected chi connectivity index (χ2v) is 8.88. The fourth-order valence-electron chi connectivity index (χ4n) is 5.13. The third-order valence-electron chi connectivity index (χ3n) is 6.89. The molecular weight excluding hydrogens is 464 g/mol. The maximum absolute atomic E-state index is 6.51. The first kappa shape index (κ1) is 21.4. The molecule has 7 nitrogen and oxygen atoms in total. The molecule has 0 saturated heterocycles. The zero-order valence-electron chi connectivity index (χ0n) is 20.3. The number of hydrogen-bond donors (Lipinski definition) is 0. The monoisotopic (exact) mass is 486 g/mol. The Hall–Kier alpha value is -4.91. The highest BCUT2D eigenvalue weighted by Crippen LogP contribution is 2.50. The van der Waals surface area contributed by atoms with Gasteiger partial charge in [0.1, 0.15) is 23.6 Å². The summed E-state index contributed by atoms with van der Waals surface area (Å²) in [5.74, 6) is 3.24. The molecule has 0 fully saturated rings. The SMILES string of the molecule is COc1ccc([C@H]2c3ccc4ccccc4c3Oc3ncn4nc(-c5ccccc5OC)nc4c32)cc1. The number of methoxy groups -OCH3 is 2. The Balaban J connectivity index is 1.50. The first-order chi connectivity index (χ1) is 18.2. The van der Waals surface area contributed by atoms with Gasteiger partial charge in [-0.25, -0.2) is 14.5 Å². The predicted molar refractivity (Wildman–Crippen MR) is 141 cm³/mol. The maximum Gasteiger partial charge on any atom is 0.228 e. The van der Waals surface area contributed by atoms with Gasteiger partial charge in [0.25, 0.3) is 0 Å². The molecule has 37 heavy (non-hydrogen) atoms. The van der Waals surface area contributed by atoms with E-state index in [2.05, 4.69) is 36.4 Å². The topological polar surface area (TPSA) is 70.8 Å². The number of rotatable bonds is 4. The fourth-order valence-corrected chi connectivity index (χ4v) is 5.13. The van der Waals surface area contributed by atoms with Gasteiger partial charge in [0.05, 0.1) is 25.3 Å². The third kappa shape index (κ3) is 3.31. The second-order valence-electron chi connectivity index (χ2n) is 8.88. The zero-order chi connectivity index (χ0) is 24.9. The molecule has 0 unspecified atom stereocenters. The van der Waals surface area contributed by atoms with Gasteiger partial charge in [-0.15, -0.1) is 5.10 Å². The quantitative estimate of drug-likeness (QED) is 0.293. The van der Waals surface area contributed by atoms with E-state index in [-0.39, 0.29) is 5.92 Å². The molecule has 4 aromatic carbocycles. The number of para-hydroxylation sites is 1. The number of nitrogens with zero attached hydrogens (tertiary/aromatic N) is 4. The molecule has 1 aliphatic rings. The van der Waals surface area contributed by atoms with E-state index in [1.807, 2.05) is 48.5 Å². The number of ether oxygens (including phenoxy) is 3. The van der Waals surface area contributed by atoms with Crippen LogP contribution in [-0.2, 0) is 0 Å². The summed E-state index contributed by atoms with van der Waals surface area (Å²) in [7, 11) is 3.32. The molecule has 2 aromatic heterocycles. The smallest absolute Gasteiger partial charge is 0.228 e. The van der Waals surface area contributed by atoms with Crippen molar-refractivity contribution in [3.05, 3.63) is 108 Å². The highest BCUT2D eigenvalue weighted by Gasteiger charge is 2.34. The molecule has 0 bridgehead atoms. The van der Waals surface area contributed by atoms with E-state index in [1.54, 1.807) is 25.1 Å². The lowest BCUT2D eigenvalue weighted by atomic mass is 9.83. The summed E-state index contributed by atoms with van der Waals surface area (Å²) in [6.45, 7) is 0. The van der Waals surface area contributed by atoms with Gasteiger partial charge < -0.3 is 14.2 Å². The third-order valence-corrected chi connectivity index (χ3v) is 6.89. The van der Waals surface area contributed by atoms with Crippen LogP contribution in [0, 0.1) is 0 Å². The number of aromatic nitrogens is 4. The van der Waals surface area contributed by atoms with Crippen molar-refractivity contribution in [3.63, 3.8) is 0 Å². The van der Waals surface area contributed by atoms with Crippen molar-refractivity contribution in [3.8, 4) is 34.5 Å². The largest absolute Gasteiger partial charge is 0.497 e. The van der Waals surface area contributed by atoms with Crippen molar-refractivity contribution in [1.29, 1.82) is 0 Å². The van der Waals surface area contributed by atoms with Crippen LogP contribution in [0.3, 0.4) is 0 Å². The molecule has 0 amide bonds. The lowest BCUT2D eigenvalue weighted by Crippen LogP contribution is -2.15. The van der Waals surface area contributed by atoms with E-state index in [0.717, 1.165) is 44.5 Å². The molecule has 0 N–H and O–H groups in total. The Bertz CT molecular complexity index is 1790. The highest BCUT2D eigenvalue weighted by molar-refractivity contribution is 5.91. The minimum absolute atomic E-state index is 0.166. The van der Waals surface area contributed by atoms with Crippen LogP contribution in [0.4, 0.5) is 0 Å². The van der Waals surface area contributed by atoms with Crippen molar-refractivity contribution in [2.75, 3.05) is 14.2 Å². The van der Waals surface area contributed by atoms with Gasteiger partial charge in [0.15, 0.2) is 11.5 Å². The van der Waals surface area contributed by atoms with Crippen LogP contribution in [-0.4, -0.2) is 33.8 Å². The molecule has 0 spiro atoms. The standard InChI is InChI=1S/C30H22N4O3/c1-35-20-14-11-19(12-15-20)25-23-16-13-18-7-3-4-8-21(18)27(23)37-30-26(25)29-32-28(33-34(29)17-31-30)22-9-5-6-10-24(22)36-2/h3-17,25H,1-2H3/t25-/m0/s1. The molecule has 0 radical (unpaired) electrons. The predicted octanol–water partition coefficient (Wildman–Crippen LogP) is 6.25. The summed E-state index contributed by atoms with van der Waals surface area (Å²) in [6, 6.07) is 28.3. The number of fused-ring (bicyclic) bond motifs is 6. The van der Waals surface area contributed by atoms with Crippen molar-refractivity contribution >= 4 is 16.4 Å². The van der Waals surface area contributed by atoms with Crippen LogP contribution in [0.1, 0.15) is 22.6 Å². The molecule has 1 atom stereocenters. The zero-order valence-corrected chi connectivity index (χ0v) is 20.3. The van der Waals surface area contributed by atoms with Crippen LogP contribution in [0.2, 0.25) is 0 Å². The molecule has 1 aliphatic heterocycles. The van der Waals surface area contributed by atoms with E-state index >= 15 is 0 Å². The fraction of sp³-hybridized carbons (Fsp3) is 0.100. The highest BCUT2D eigenvalue weighted by atomic mass is 16.5. The first-order valence-corrected chi connectivity index (χ1v) is 12.0. The van der Waals surface area contributed by atoms with E-state index in [0.29, 0.717) is 23.1 Å². The van der Waals surface area contributed by atoms with Crippen LogP contribution < -0.4 is 14.2 Å². The Morgan fingerprint density at radius 3 is 2.49 bits per heavy atom. The van der Waals surface area contributed by atoms with Gasteiger partial charge in [0.2, 0.25) is 5.88 Å². The lowest BCUT2D eigenvalue weighted by molar-refractivity contribution is 0.414. The normalized spacial score (nSPS) is 14.2. The van der Waals surface area contributed by atoms with Crippen molar-refractivity contribution < 1.29 is 14.2 Å². The average molecular weight is 487 g/mol. The van der Waals surface area contributed by atoms with Gasteiger partial charge in [-0.05, 0) is 35.2 Å². The molecule has 180 valence electrons. The van der Waals surface area contributed by atoms with E-state index in [1.165, 1.54) is 0 Å². The second kappa shape index (κ2) is 8.34. The molecular formula is C30H22N4O3. The lowest BCUT2D eigenvalue weighted by Gasteiger charge is -2.28. The Labute approximate surface area is 212 Å². The summed E-state index contributed by atoms with van der Waals surface area (Å²) in [5.41, 5.74) is 4.49. The Morgan fingerprint density at radius 1 is 0.838 bits per heavy atom. The van der Waals surface area contributed by atoms with Crippen LogP contribution >= 0.6 is 0 Å². The van der Waals surface area contributed by atoms with E-state index in [4.69, 9.17) is 29.3 Å². The summed E-state index contributed by atoms with van der Waals surface area (Å²) in [5, 5.41) is 6.90.